The Morgan fingerprint density at radius 3 is 2.65 bits per heavy atom. The second kappa shape index (κ2) is 6.97. The number of rotatable bonds is 3. The molecule has 4 heterocycles. The Morgan fingerprint density at radius 2 is 1.88 bits per heavy atom. The SMILES string of the molecule is c1ccc(-c2cc3c(N4CCC(C5CCCO5)CC4)ncnc3s2)cc1. The summed E-state index contributed by atoms with van der Waals surface area (Å²) in [4.78, 5) is 14.0. The van der Waals surface area contributed by atoms with Crippen molar-refractivity contribution in [2.24, 2.45) is 5.92 Å². The van der Waals surface area contributed by atoms with Crippen LogP contribution in [0.2, 0.25) is 0 Å². The zero-order valence-corrected chi connectivity index (χ0v) is 15.6. The fourth-order valence-corrected chi connectivity index (χ4v) is 5.30. The molecule has 2 aromatic heterocycles. The van der Waals surface area contributed by atoms with E-state index in [1.165, 1.54) is 41.5 Å². The molecule has 134 valence electrons. The van der Waals surface area contributed by atoms with Gasteiger partial charge in [0, 0.05) is 24.6 Å². The highest BCUT2D eigenvalue weighted by atomic mass is 32.1. The fourth-order valence-electron chi connectivity index (χ4n) is 4.30. The fraction of sp³-hybridized carbons (Fsp3) is 0.429. The lowest BCUT2D eigenvalue weighted by Crippen LogP contribution is -2.38. The van der Waals surface area contributed by atoms with Gasteiger partial charge in [-0.15, -0.1) is 11.3 Å². The van der Waals surface area contributed by atoms with E-state index in [2.05, 4.69) is 51.3 Å². The number of thiophene rings is 1. The maximum absolute atomic E-state index is 5.91. The second-order valence-corrected chi connectivity index (χ2v) is 8.30. The molecule has 4 nitrogen and oxygen atoms in total. The van der Waals surface area contributed by atoms with Crippen molar-refractivity contribution in [2.45, 2.75) is 31.8 Å². The van der Waals surface area contributed by atoms with Crippen LogP contribution < -0.4 is 4.90 Å². The van der Waals surface area contributed by atoms with Crippen LogP contribution in [0, 0.1) is 5.92 Å². The molecule has 0 saturated carbocycles. The van der Waals surface area contributed by atoms with Crippen molar-refractivity contribution in [3.63, 3.8) is 0 Å². The van der Waals surface area contributed by atoms with Gasteiger partial charge in [0.25, 0.3) is 0 Å². The van der Waals surface area contributed by atoms with Crippen molar-refractivity contribution in [3.8, 4) is 10.4 Å². The van der Waals surface area contributed by atoms with Crippen molar-refractivity contribution >= 4 is 27.4 Å². The Labute approximate surface area is 157 Å². The minimum Gasteiger partial charge on any atom is -0.378 e. The molecule has 2 fully saturated rings. The quantitative estimate of drug-likeness (QED) is 0.671. The largest absolute Gasteiger partial charge is 0.378 e. The third-order valence-electron chi connectivity index (χ3n) is 5.70. The summed E-state index contributed by atoms with van der Waals surface area (Å²) in [5, 5.41) is 1.19. The molecule has 0 radical (unpaired) electrons. The van der Waals surface area contributed by atoms with Gasteiger partial charge in [0.05, 0.1) is 11.5 Å². The molecular formula is C21H23N3OS. The van der Waals surface area contributed by atoms with Gasteiger partial charge in [-0.1, -0.05) is 30.3 Å². The number of hydrogen-bond acceptors (Lipinski definition) is 5. The van der Waals surface area contributed by atoms with Crippen molar-refractivity contribution in [1.29, 1.82) is 0 Å². The summed E-state index contributed by atoms with van der Waals surface area (Å²) in [7, 11) is 0. The Kier molecular flexibility index (Phi) is 4.35. The number of nitrogens with zero attached hydrogens (tertiary/aromatic N) is 3. The van der Waals surface area contributed by atoms with E-state index in [1.807, 2.05) is 0 Å². The Morgan fingerprint density at radius 1 is 1.04 bits per heavy atom. The summed E-state index contributed by atoms with van der Waals surface area (Å²) in [6.45, 7) is 3.08. The zero-order valence-electron chi connectivity index (χ0n) is 14.8. The molecule has 0 amide bonds. The molecule has 0 aliphatic carbocycles. The summed E-state index contributed by atoms with van der Waals surface area (Å²) in [5.74, 6) is 1.81. The lowest BCUT2D eigenvalue weighted by molar-refractivity contribution is 0.0531. The molecular weight excluding hydrogens is 342 g/mol. The standard InChI is InChI=1S/C21H23N3OS/c1-2-5-16(6-3-1)19-13-17-20(22-14-23-21(17)26-19)24-10-8-15(9-11-24)18-7-4-12-25-18/h1-3,5-6,13-15,18H,4,7-12H2. The van der Waals surface area contributed by atoms with E-state index in [0.717, 1.165) is 30.3 Å². The molecule has 0 bridgehead atoms. The van der Waals surface area contributed by atoms with Crippen molar-refractivity contribution in [2.75, 3.05) is 24.6 Å². The van der Waals surface area contributed by atoms with Crippen LogP contribution in [-0.4, -0.2) is 35.8 Å². The van der Waals surface area contributed by atoms with Crippen LogP contribution in [0.25, 0.3) is 20.7 Å². The van der Waals surface area contributed by atoms with Gasteiger partial charge in [-0.2, -0.15) is 0 Å². The molecule has 5 heteroatoms. The summed E-state index contributed by atoms with van der Waals surface area (Å²) in [5.41, 5.74) is 1.25. The van der Waals surface area contributed by atoms with Crippen LogP contribution >= 0.6 is 11.3 Å². The van der Waals surface area contributed by atoms with Gasteiger partial charge < -0.3 is 9.64 Å². The smallest absolute Gasteiger partial charge is 0.140 e. The predicted octanol–water partition coefficient (Wildman–Crippen LogP) is 4.75. The third kappa shape index (κ3) is 2.99. The lowest BCUT2D eigenvalue weighted by atomic mass is 9.90. The summed E-state index contributed by atoms with van der Waals surface area (Å²) in [6, 6.07) is 12.8. The number of ether oxygens (including phenoxy) is 1. The Balaban J connectivity index is 1.40. The first-order chi connectivity index (χ1) is 12.9. The third-order valence-corrected chi connectivity index (χ3v) is 6.79. The Hall–Kier alpha value is -1.98. The van der Waals surface area contributed by atoms with Gasteiger partial charge >= 0.3 is 0 Å². The van der Waals surface area contributed by atoms with Crippen LogP contribution in [0.1, 0.15) is 25.7 Å². The summed E-state index contributed by atoms with van der Waals surface area (Å²) >= 11 is 1.75. The minimum atomic E-state index is 0.494. The zero-order chi connectivity index (χ0) is 17.3. The first kappa shape index (κ1) is 16.2. The van der Waals surface area contributed by atoms with E-state index in [0.29, 0.717) is 12.0 Å². The molecule has 26 heavy (non-hydrogen) atoms. The highest BCUT2D eigenvalue weighted by Gasteiger charge is 2.30. The topological polar surface area (TPSA) is 38.2 Å². The van der Waals surface area contributed by atoms with Gasteiger partial charge in [0.2, 0.25) is 0 Å². The maximum Gasteiger partial charge on any atom is 0.140 e. The van der Waals surface area contributed by atoms with E-state index in [-0.39, 0.29) is 0 Å². The minimum absolute atomic E-state index is 0.494. The van der Waals surface area contributed by atoms with E-state index in [1.54, 1.807) is 17.7 Å². The molecule has 0 spiro atoms. The van der Waals surface area contributed by atoms with Crippen LogP contribution in [-0.2, 0) is 4.74 Å². The van der Waals surface area contributed by atoms with Crippen molar-refractivity contribution in [1.82, 2.24) is 9.97 Å². The number of fused-ring (bicyclic) bond motifs is 1. The molecule has 1 atom stereocenters. The van der Waals surface area contributed by atoms with Crippen molar-refractivity contribution < 1.29 is 4.74 Å². The number of piperidine rings is 1. The van der Waals surface area contributed by atoms with Gasteiger partial charge in [-0.25, -0.2) is 9.97 Å². The molecule has 1 aromatic carbocycles. The second-order valence-electron chi connectivity index (χ2n) is 7.27. The first-order valence-corrected chi connectivity index (χ1v) is 10.4. The van der Waals surface area contributed by atoms with Gasteiger partial charge in [0.1, 0.15) is 17.0 Å². The number of aromatic nitrogens is 2. The molecule has 0 N–H and O–H groups in total. The Bertz CT molecular complexity index is 881. The van der Waals surface area contributed by atoms with E-state index < -0.39 is 0 Å². The average Bonchev–Trinajstić information content (AvgIpc) is 3.38. The van der Waals surface area contributed by atoms with Gasteiger partial charge in [0.15, 0.2) is 0 Å². The molecule has 2 saturated heterocycles. The number of hydrogen-bond donors (Lipinski definition) is 0. The van der Waals surface area contributed by atoms with Crippen LogP contribution in [0.3, 0.4) is 0 Å². The van der Waals surface area contributed by atoms with E-state index >= 15 is 0 Å². The van der Waals surface area contributed by atoms with Gasteiger partial charge in [-0.3, -0.25) is 0 Å². The van der Waals surface area contributed by atoms with Crippen molar-refractivity contribution in [3.05, 3.63) is 42.7 Å². The van der Waals surface area contributed by atoms with Crippen LogP contribution in [0.5, 0.6) is 0 Å². The lowest BCUT2D eigenvalue weighted by Gasteiger charge is -2.35. The van der Waals surface area contributed by atoms with E-state index in [9.17, 15) is 0 Å². The van der Waals surface area contributed by atoms with Crippen LogP contribution in [0.15, 0.2) is 42.7 Å². The molecule has 5 rings (SSSR count). The number of benzene rings is 1. The number of anilines is 1. The first-order valence-electron chi connectivity index (χ1n) is 9.55. The molecule has 1 unspecified atom stereocenters. The highest BCUT2D eigenvalue weighted by Crippen LogP contribution is 2.37. The van der Waals surface area contributed by atoms with Gasteiger partial charge in [-0.05, 0) is 43.2 Å². The molecule has 2 aliphatic rings. The van der Waals surface area contributed by atoms with E-state index in [4.69, 9.17) is 4.74 Å². The average molecular weight is 366 g/mol. The molecule has 3 aromatic rings. The predicted molar refractivity (Wildman–Crippen MR) is 107 cm³/mol. The molecule has 2 aliphatic heterocycles. The summed E-state index contributed by atoms with van der Waals surface area (Å²) in [6.07, 6.45) is 7.09. The monoisotopic (exact) mass is 365 g/mol. The maximum atomic E-state index is 5.91. The summed E-state index contributed by atoms with van der Waals surface area (Å²) < 4.78 is 5.91. The van der Waals surface area contributed by atoms with Crippen LogP contribution in [0.4, 0.5) is 5.82 Å². The normalized spacial score (nSPS) is 21.5. The highest BCUT2D eigenvalue weighted by molar-refractivity contribution is 7.21.